The van der Waals surface area contributed by atoms with Crippen LogP contribution >= 0.6 is 39.1 Å². The van der Waals surface area contributed by atoms with E-state index in [9.17, 15) is 4.79 Å². The molecule has 98 valence electrons. The zero-order valence-electron chi connectivity index (χ0n) is 9.75. The molecule has 0 spiro atoms. The van der Waals surface area contributed by atoms with E-state index < -0.39 is 0 Å². The van der Waals surface area contributed by atoms with E-state index in [0.717, 1.165) is 10.2 Å². The van der Waals surface area contributed by atoms with Crippen molar-refractivity contribution in [3.8, 4) is 0 Å². The highest BCUT2D eigenvalue weighted by Gasteiger charge is 2.12. The molecule has 7 heteroatoms. The van der Waals surface area contributed by atoms with Crippen LogP contribution in [0.2, 0.25) is 10.3 Å². The molecule has 0 atom stereocenters. The van der Waals surface area contributed by atoms with Crippen LogP contribution < -0.4 is 5.32 Å². The molecule has 0 aliphatic heterocycles. The summed E-state index contributed by atoms with van der Waals surface area (Å²) in [4.78, 5) is 19.9. The average molecular weight is 361 g/mol. The summed E-state index contributed by atoms with van der Waals surface area (Å²) in [5, 5.41) is 3.00. The highest BCUT2D eigenvalue weighted by atomic mass is 79.9. The number of rotatable bonds is 2. The second kappa shape index (κ2) is 5.86. The van der Waals surface area contributed by atoms with Crippen molar-refractivity contribution < 1.29 is 4.79 Å². The number of hydrogen-bond donors (Lipinski definition) is 1. The predicted octanol–water partition coefficient (Wildman–Crippen LogP) is 4.11. The van der Waals surface area contributed by atoms with Gasteiger partial charge in [-0.3, -0.25) is 4.79 Å². The van der Waals surface area contributed by atoms with Crippen molar-refractivity contribution in [1.29, 1.82) is 0 Å². The van der Waals surface area contributed by atoms with Crippen molar-refractivity contribution >= 4 is 50.7 Å². The summed E-state index contributed by atoms with van der Waals surface area (Å²) in [5.74, 6) is -0.363. The molecule has 0 aliphatic rings. The molecule has 19 heavy (non-hydrogen) atoms. The van der Waals surface area contributed by atoms with E-state index in [1.165, 1.54) is 12.1 Å². The number of hydrogen-bond acceptors (Lipinski definition) is 3. The lowest BCUT2D eigenvalue weighted by Crippen LogP contribution is -2.13. The number of nitrogens with one attached hydrogen (secondary N) is 1. The highest BCUT2D eigenvalue weighted by Crippen LogP contribution is 2.20. The summed E-state index contributed by atoms with van der Waals surface area (Å²) in [6.07, 6.45) is 1.55. The minimum atomic E-state index is -0.363. The Morgan fingerprint density at radius 2 is 2.11 bits per heavy atom. The number of aromatic nitrogens is 2. The van der Waals surface area contributed by atoms with Crippen molar-refractivity contribution in [3.63, 3.8) is 0 Å². The fraction of sp³-hybridized carbons (Fsp3) is 0.0833. The van der Waals surface area contributed by atoms with Crippen molar-refractivity contribution in [2.45, 2.75) is 6.92 Å². The van der Waals surface area contributed by atoms with Crippen LogP contribution in [0.25, 0.3) is 0 Å². The van der Waals surface area contributed by atoms with E-state index >= 15 is 0 Å². The Morgan fingerprint density at radius 3 is 2.74 bits per heavy atom. The summed E-state index contributed by atoms with van der Waals surface area (Å²) in [5.41, 5.74) is 1.75. The molecule has 0 aliphatic carbocycles. The van der Waals surface area contributed by atoms with E-state index in [0.29, 0.717) is 5.69 Å². The molecule has 2 aromatic rings. The number of anilines is 1. The number of halogens is 3. The second-order valence-electron chi connectivity index (χ2n) is 3.76. The predicted molar refractivity (Wildman–Crippen MR) is 78.9 cm³/mol. The number of aryl methyl sites for hydroxylation is 1. The second-order valence-corrected chi connectivity index (χ2v) is 5.25. The fourth-order valence-corrected chi connectivity index (χ4v) is 2.05. The molecule has 0 bridgehead atoms. The molecule has 0 aromatic carbocycles. The number of amides is 1. The average Bonchev–Trinajstić information content (AvgIpc) is 2.33. The van der Waals surface area contributed by atoms with E-state index in [4.69, 9.17) is 23.2 Å². The molecule has 2 rings (SSSR count). The molecule has 2 heterocycles. The van der Waals surface area contributed by atoms with Gasteiger partial charge in [0.25, 0.3) is 5.91 Å². The van der Waals surface area contributed by atoms with Gasteiger partial charge in [-0.2, -0.15) is 0 Å². The maximum Gasteiger partial charge on any atom is 0.258 e. The lowest BCUT2D eigenvalue weighted by Gasteiger charge is -2.07. The maximum atomic E-state index is 12.0. The van der Waals surface area contributed by atoms with Crippen LogP contribution in [0.15, 0.2) is 29.0 Å². The highest BCUT2D eigenvalue weighted by molar-refractivity contribution is 9.10. The Hall–Kier alpha value is -1.17. The van der Waals surface area contributed by atoms with Crippen LogP contribution in [0.3, 0.4) is 0 Å². The molecule has 2 aromatic heterocycles. The van der Waals surface area contributed by atoms with Gasteiger partial charge in [-0.15, -0.1) is 0 Å². The van der Waals surface area contributed by atoms with E-state index in [2.05, 4.69) is 31.2 Å². The van der Waals surface area contributed by atoms with Crippen molar-refractivity contribution in [1.82, 2.24) is 9.97 Å². The maximum absolute atomic E-state index is 12.0. The van der Waals surface area contributed by atoms with Crippen LogP contribution in [-0.4, -0.2) is 15.9 Å². The quantitative estimate of drug-likeness (QED) is 0.820. The first-order chi connectivity index (χ1) is 8.97. The molecule has 0 fully saturated rings. The van der Waals surface area contributed by atoms with Crippen LogP contribution in [0, 0.1) is 6.92 Å². The van der Waals surface area contributed by atoms with E-state index in [-0.39, 0.29) is 21.8 Å². The minimum absolute atomic E-state index is 0.0618. The summed E-state index contributed by atoms with van der Waals surface area (Å²) < 4.78 is 0.733. The van der Waals surface area contributed by atoms with Gasteiger partial charge in [-0.05, 0) is 46.6 Å². The van der Waals surface area contributed by atoms with Crippen LogP contribution in [0.5, 0.6) is 0 Å². The smallest absolute Gasteiger partial charge is 0.258 e. The molecule has 1 N–H and O–H groups in total. The molecule has 1 amide bonds. The first kappa shape index (κ1) is 14.2. The summed E-state index contributed by atoms with van der Waals surface area (Å²) in [7, 11) is 0. The van der Waals surface area contributed by atoms with E-state index in [1.807, 2.05) is 6.92 Å². The van der Waals surface area contributed by atoms with Gasteiger partial charge in [0, 0.05) is 0 Å². The molecule has 0 saturated heterocycles. The molecule has 0 saturated carbocycles. The van der Waals surface area contributed by atoms with Gasteiger partial charge in [-0.25, -0.2) is 9.97 Å². The van der Waals surface area contributed by atoms with Crippen molar-refractivity contribution in [3.05, 3.63) is 50.4 Å². The minimum Gasteiger partial charge on any atom is -0.320 e. The first-order valence-electron chi connectivity index (χ1n) is 5.23. The SMILES string of the molecule is Cc1cc(NC(=O)c2ccc(Cl)nc2Cl)cnc1Br. The third kappa shape index (κ3) is 3.43. The fourth-order valence-electron chi connectivity index (χ4n) is 1.41. The Bertz CT molecular complexity index is 649. The standard InChI is InChI=1S/C12H8BrCl2N3O/c1-6-4-7(5-16-10(6)13)17-12(19)8-2-3-9(14)18-11(8)15/h2-5H,1H3,(H,17,19). The topological polar surface area (TPSA) is 54.9 Å². The zero-order chi connectivity index (χ0) is 14.0. The molecule has 0 unspecified atom stereocenters. The Balaban J connectivity index is 2.23. The third-order valence-corrected chi connectivity index (χ3v) is 3.66. The van der Waals surface area contributed by atoms with Crippen molar-refractivity contribution in [2.75, 3.05) is 5.32 Å². The van der Waals surface area contributed by atoms with Gasteiger partial charge >= 0.3 is 0 Å². The van der Waals surface area contributed by atoms with Crippen LogP contribution in [0.4, 0.5) is 5.69 Å². The number of carbonyl (C=O) groups excluding carboxylic acids is 1. The Kier molecular flexibility index (Phi) is 4.39. The van der Waals surface area contributed by atoms with Crippen LogP contribution in [0.1, 0.15) is 15.9 Å². The largest absolute Gasteiger partial charge is 0.320 e. The molecule has 4 nitrogen and oxygen atoms in total. The van der Waals surface area contributed by atoms with Gasteiger partial charge in [0.1, 0.15) is 14.9 Å². The number of carbonyl (C=O) groups is 1. The van der Waals surface area contributed by atoms with E-state index in [1.54, 1.807) is 12.3 Å². The normalized spacial score (nSPS) is 10.3. The monoisotopic (exact) mass is 359 g/mol. The Labute approximate surface area is 128 Å². The molecule has 0 radical (unpaired) electrons. The zero-order valence-corrected chi connectivity index (χ0v) is 12.8. The summed E-state index contributed by atoms with van der Waals surface area (Å²) >= 11 is 14.8. The lowest BCUT2D eigenvalue weighted by atomic mass is 10.2. The van der Waals surface area contributed by atoms with Crippen LogP contribution in [-0.2, 0) is 0 Å². The first-order valence-corrected chi connectivity index (χ1v) is 6.78. The van der Waals surface area contributed by atoms with Gasteiger partial charge in [0.15, 0.2) is 0 Å². The van der Waals surface area contributed by atoms with Gasteiger partial charge < -0.3 is 5.32 Å². The van der Waals surface area contributed by atoms with Gasteiger partial charge in [0.2, 0.25) is 0 Å². The van der Waals surface area contributed by atoms with Gasteiger partial charge in [-0.1, -0.05) is 23.2 Å². The third-order valence-electron chi connectivity index (χ3n) is 2.33. The van der Waals surface area contributed by atoms with Crippen molar-refractivity contribution in [2.24, 2.45) is 0 Å². The molecular formula is C12H8BrCl2N3O. The summed E-state index contributed by atoms with van der Waals surface area (Å²) in [6, 6.07) is 4.83. The number of pyridine rings is 2. The van der Waals surface area contributed by atoms with Gasteiger partial charge in [0.05, 0.1) is 17.4 Å². The Morgan fingerprint density at radius 1 is 1.37 bits per heavy atom. The molecular weight excluding hydrogens is 353 g/mol. The lowest BCUT2D eigenvalue weighted by molar-refractivity contribution is 0.102. The number of nitrogens with zero attached hydrogens (tertiary/aromatic N) is 2. The summed E-state index contributed by atoms with van der Waals surface area (Å²) in [6.45, 7) is 1.88.